The molecule has 0 aliphatic heterocycles. The Labute approximate surface area is 89.5 Å². The first-order chi connectivity index (χ1) is 6.88. The first-order valence-corrected chi connectivity index (χ1v) is 4.88. The summed E-state index contributed by atoms with van der Waals surface area (Å²) in [5.41, 5.74) is 6.25. The molecule has 2 N–H and O–H groups in total. The van der Waals surface area contributed by atoms with Crippen molar-refractivity contribution in [2.45, 2.75) is 32.4 Å². The van der Waals surface area contributed by atoms with Crippen LogP contribution in [0.4, 0.5) is 4.39 Å². The van der Waals surface area contributed by atoms with Gasteiger partial charge in [0.1, 0.15) is 5.82 Å². The van der Waals surface area contributed by atoms with Crippen LogP contribution in [0.15, 0.2) is 18.5 Å². The van der Waals surface area contributed by atoms with Crippen LogP contribution < -0.4 is 5.73 Å². The quantitative estimate of drug-likeness (QED) is 0.834. The normalized spacial score (nSPS) is 13.9. The van der Waals surface area contributed by atoms with E-state index in [1.165, 1.54) is 6.07 Å². The van der Waals surface area contributed by atoms with E-state index in [9.17, 15) is 4.39 Å². The Kier molecular flexibility index (Phi) is 3.77. The molecule has 1 atom stereocenters. The molecule has 1 aromatic heterocycles. The Morgan fingerprint density at radius 3 is 2.67 bits per heavy atom. The molecule has 0 amide bonds. The minimum absolute atomic E-state index is 0.238. The Bertz CT molecular complexity index is 323. The minimum Gasteiger partial charge on any atom is -0.374 e. The lowest BCUT2D eigenvalue weighted by Crippen LogP contribution is -2.26. The monoisotopic (exact) mass is 212 g/mol. The number of aromatic nitrogens is 1. The largest absolute Gasteiger partial charge is 0.374 e. The van der Waals surface area contributed by atoms with Crippen molar-refractivity contribution < 1.29 is 9.13 Å². The molecule has 0 radical (unpaired) electrons. The molecule has 0 aliphatic carbocycles. The molecule has 0 bridgehead atoms. The van der Waals surface area contributed by atoms with Crippen molar-refractivity contribution in [3.05, 3.63) is 29.8 Å². The number of hydrogen-bond donors (Lipinski definition) is 1. The number of pyridine rings is 1. The van der Waals surface area contributed by atoms with E-state index in [4.69, 9.17) is 10.5 Å². The SMILES string of the molecule is CC(C)(C)OCC(N)c1cncc(F)c1. The lowest BCUT2D eigenvalue weighted by molar-refractivity contribution is -0.0102. The summed E-state index contributed by atoms with van der Waals surface area (Å²) in [5.74, 6) is -0.376. The molecule has 84 valence electrons. The van der Waals surface area contributed by atoms with Gasteiger partial charge in [0, 0.05) is 6.20 Å². The summed E-state index contributed by atoms with van der Waals surface area (Å²) in [6.07, 6.45) is 2.71. The molecule has 3 nitrogen and oxygen atoms in total. The van der Waals surface area contributed by atoms with Gasteiger partial charge in [-0.05, 0) is 32.4 Å². The molecule has 0 aromatic carbocycles. The van der Waals surface area contributed by atoms with E-state index in [-0.39, 0.29) is 17.5 Å². The molecule has 15 heavy (non-hydrogen) atoms. The Balaban J connectivity index is 2.58. The fourth-order valence-electron chi connectivity index (χ4n) is 1.07. The van der Waals surface area contributed by atoms with Gasteiger partial charge < -0.3 is 10.5 Å². The van der Waals surface area contributed by atoms with Crippen LogP contribution in [0.1, 0.15) is 32.4 Å². The summed E-state index contributed by atoms with van der Waals surface area (Å²) in [6, 6.07) is 1.04. The van der Waals surface area contributed by atoms with Gasteiger partial charge >= 0.3 is 0 Å². The summed E-state index contributed by atoms with van der Waals surface area (Å²) < 4.78 is 18.4. The van der Waals surface area contributed by atoms with Crippen LogP contribution in [0.25, 0.3) is 0 Å². The van der Waals surface area contributed by atoms with E-state index < -0.39 is 0 Å². The van der Waals surface area contributed by atoms with Gasteiger partial charge in [0.15, 0.2) is 0 Å². The van der Waals surface area contributed by atoms with Gasteiger partial charge in [-0.15, -0.1) is 0 Å². The van der Waals surface area contributed by atoms with Crippen molar-refractivity contribution in [2.24, 2.45) is 5.73 Å². The molecular weight excluding hydrogens is 195 g/mol. The topological polar surface area (TPSA) is 48.1 Å². The van der Waals surface area contributed by atoms with Crippen LogP contribution in [-0.2, 0) is 4.74 Å². The predicted octanol–water partition coefficient (Wildman–Crippen LogP) is 2.04. The van der Waals surface area contributed by atoms with Gasteiger partial charge in [-0.25, -0.2) is 4.39 Å². The van der Waals surface area contributed by atoms with Crippen molar-refractivity contribution >= 4 is 0 Å². The highest BCUT2D eigenvalue weighted by molar-refractivity contribution is 5.14. The van der Waals surface area contributed by atoms with E-state index in [1.54, 1.807) is 6.20 Å². The molecule has 0 saturated carbocycles. The maximum Gasteiger partial charge on any atom is 0.141 e. The number of halogens is 1. The molecule has 0 aliphatic rings. The number of rotatable bonds is 3. The number of nitrogens with zero attached hydrogens (tertiary/aromatic N) is 1. The Morgan fingerprint density at radius 2 is 2.13 bits per heavy atom. The molecule has 1 unspecified atom stereocenters. The van der Waals surface area contributed by atoms with E-state index in [2.05, 4.69) is 4.98 Å². The Hall–Kier alpha value is -1.00. The zero-order valence-corrected chi connectivity index (χ0v) is 9.33. The lowest BCUT2D eigenvalue weighted by Gasteiger charge is -2.22. The van der Waals surface area contributed by atoms with Crippen molar-refractivity contribution in [2.75, 3.05) is 6.61 Å². The lowest BCUT2D eigenvalue weighted by atomic mass is 10.1. The summed E-state index contributed by atoms with van der Waals surface area (Å²) >= 11 is 0. The molecule has 1 heterocycles. The molecule has 0 saturated heterocycles. The van der Waals surface area contributed by atoms with E-state index in [0.29, 0.717) is 12.2 Å². The van der Waals surface area contributed by atoms with Crippen molar-refractivity contribution in [3.8, 4) is 0 Å². The van der Waals surface area contributed by atoms with Crippen molar-refractivity contribution in [1.29, 1.82) is 0 Å². The molecular formula is C11H17FN2O. The third kappa shape index (κ3) is 4.36. The first kappa shape index (κ1) is 12.1. The predicted molar refractivity (Wildman–Crippen MR) is 56.8 cm³/mol. The second-order valence-corrected chi connectivity index (χ2v) is 4.47. The highest BCUT2D eigenvalue weighted by atomic mass is 19.1. The van der Waals surface area contributed by atoms with Crippen LogP contribution in [0.5, 0.6) is 0 Å². The molecule has 4 heteroatoms. The second kappa shape index (κ2) is 4.68. The van der Waals surface area contributed by atoms with Crippen molar-refractivity contribution in [3.63, 3.8) is 0 Å². The molecule has 0 fully saturated rings. The number of ether oxygens (including phenoxy) is 1. The average molecular weight is 212 g/mol. The van der Waals surface area contributed by atoms with E-state index in [1.807, 2.05) is 20.8 Å². The summed E-state index contributed by atoms with van der Waals surface area (Å²) in [5, 5.41) is 0. The van der Waals surface area contributed by atoms with Crippen molar-refractivity contribution in [1.82, 2.24) is 4.98 Å². The zero-order valence-electron chi connectivity index (χ0n) is 9.33. The first-order valence-electron chi connectivity index (χ1n) is 4.88. The highest BCUT2D eigenvalue weighted by Gasteiger charge is 2.14. The molecule has 1 rings (SSSR count). The minimum atomic E-state index is -0.376. The fraction of sp³-hybridized carbons (Fsp3) is 0.545. The third-order valence-corrected chi connectivity index (χ3v) is 1.85. The van der Waals surface area contributed by atoms with Gasteiger partial charge in [0.2, 0.25) is 0 Å². The highest BCUT2D eigenvalue weighted by Crippen LogP contribution is 2.14. The van der Waals surface area contributed by atoms with Gasteiger partial charge in [0.25, 0.3) is 0 Å². The van der Waals surface area contributed by atoms with Gasteiger partial charge in [-0.2, -0.15) is 0 Å². The summed E-state index contributed by atoms with van der Waals surface area (Å²) in [6.45, 7) is 6.20. The third-order valence-electron chi connectivity index (χ3n) is 1.85. The smallest absolute Gasteiger partial charge is 0.141 e. The van der Waals surface area contributed by atoms with E-state index in [0.717, 1.165) is 6.20 Å². The maximum absolute atomic E-state index is 12.8. The summed E-state index contributed by atoms with van der Waals surface area (Å²) in [7, 11) is 0. The second-order valence-electron chi connectivity index (χ2n) is 4.47. The zero-order chi connectivity index (χ0) is 11.5. The van der Waals surface area contributed by atoms with Crippen LogP contribution in [0.2, 0.25) is 0 Å². The Morgan fingerprint density at radius 1 is 1.47 bits per heavy atom. The number of nitrogens with two attached hydrogens (primary N) is 1. The van der Waals surface area contributed by atoms with Gasteiger partial charge in [-0.1, -0.05) is 0 Å². The van der Waals surface area contributed by atoms with Crippen LogP contribution in [-0.4, -0.2) is 17.2 Å². The van der Waals surface area contributed by atoms with Crippen LogP contribution in [0.3, 0.4) is 0 Å². The molecule has 1 aromatic rings. The number of hydrogen-bond acceptors (Lipinski definition) is 3. The van der Waals surface area contributed by atoms with Gasteiger partial charge in [0.05, 0.1) is 24.4 Å². The maximum atomic E-state index is 12.8. The molecule has 0 spiro atoms. The standard InChI is InChI=1S/C11H17FN2O/c1-11(2,3)15-7-10(13)8-4-9(12)6-14-5-8/h4-6,10H,7,13H2,1-3H3. The van der Waals surface area contributed by atoms with E-state index >= 15 is 0 Å². The van der Waals surface area contributed by atoms with Crippen LogP contribution in [0, 0.1) is 5.82 Å². The average Bonchev–Trinajstić information content (AvgIpc) is 2.13. The fourth-order valence-corrected chi connectivity index (χ4v) is 1.07. The van der Waals surface area contributed by atoms with Crippen LogP contribution >= 0.6 is 0 Å². The van der Waals surface area contributed by atoms with Gasteiger partial charge in [-0.3, -0.25) is 4.98 Å². The summed E-state index contributed by atoms with van der Waals surface area (Å²) in [4.78, 5) is 3.74.